The van der Waals surface area contributed by atoms with E-state index in [0.717, 1.165) is 12.3 Å². The molecule has 0 spiro atoms. The van der Waals surface area contributed by atoms with Gasteiger partial charge in [0.15, 0.2) is 0 Å². The number of hydrogen-bond donors (Lipinski definition) is 0. The Hall–Kier alpha value is -0.440. The highest BCUT2D eigenvalue weighted by molar-refractivity contribution is 4.88. The van der Waals surface area contributed by atoms with Gasteiger partial charge in [-0.25, -0.2) is 0 Å². The first kappa shape index (κ1) is 8.65. The van der Waals surface area contributed by atoms with Crippen LogP contribution in [0.25, 0.3) is 0 Å². The van der Waals surface area contributed by atoms with Crippen molar-refractivity contribution in [3.05, 3.63) is 0 Å². The summed E-state index contributed by atoms with van der Waals surface area (Å²) < 4.78 is 0. The van der Waals surface area contributed by atoms with Crippen LogP contribution in [0.1, 0.15) is 46.0 Å². The lowest BCUT2D eigenvalue weighted by molar-refractivity contribution is 0.355. The lowest BCUT2D eigenvalue weighted by Gasteiger charge is -2.16. The summed E-state index contributed by atoms with van der Waals surface area (Å²) in [4.78, 5) is 0. The van der Waals surface area contributed by atoms with Crippen molar-refractivity contribution >= 4 is 0 Å². The summed E-state index contributed by atoms with van der Waals surface area (Å²) in [6.45, 7) is 4.73. The molecule has 1 saturated carbocycles. The van der Waals surface area contributed by atoms with Crippen molar-refractivity contribution in [3.63, 3.8) is 0 Å². The zero-order valence-corrected chi connectivity index (χ0v) is 7.69. The molecule has 0 nitrogen and oxygen atoms in total. The molecule has 0 N–H and O–H groups in total. The molecule has 0 aromatic rings. The Morgan fingerprint density at radius 3 is 2.73 bits per heavy atom. The second kappa shape index (κ2) is 3.30. The summed E-state index contributed by atoms with van der Waals surface area (Å²) >= 11 is 0. The van der Waals surface area contributed by atoms with E-state index in [2.05, 4.69) is 19.8 Å². The lowest BCUT2D eigenvalue weighted by atomic mass is 9.89. The molecule has 0 bridgehead atoms. The van der Waals surface area contributed by atoms with Crippen LogP contribution >= 0.6 is 0 Å². The van der Waals surface area contributed by atoms with E-state index in [-0.39, 0.29) is 0 Å². The van der Waals surface area contributed by atoms with Crippen molar-refractivity contribution in [2.75, 3.05) is 0 Å². The van der Waals surface area contributed by atoms with Gasteiger partial charge in [0.05, 0.1) is 0 Å². The van der Waals surface area contributed by atoms with E-state index >= 15 is 0 Å². The maximum Gasteiger partial charge on any atom is 0.00886 e. The van der Waals surface area contributed by atoms with Crippen LogP contribution in [0.3, 0.4) is 0 Å². The fraction of sp³-hybridized carbons (Fsp3) is 0.818. The van der Waals surface area contributed by atoms with Crippen molar-refractivity contribution in [3.8, 4) is 12.3 Å². The minimum absolute atomic E-state index is 0.596. The Morgan fingerprint density at radius 1 is 1.55 bits per heavy atom. The van der Waals surface area contributed by atoms with Crippen LogP contribution in [-0.4, -0.2) is 0 Å². The zero-order chi connectivity index (χ0) is 8.32. The molecule has 11 heavy (non-hydrogen) atoms. The number of terminal acetylenes is 1. The van der Waals surface area contributed by atoms with Gasteiger partial charge in [-0.2, -0.15) is 0 Å². The summed E-state index contributed by atoms with van der Waals surface area (Å²) in [6.07, 6.45) is 11.6. The van der Waals surface area contributed by atoms with Gasteiger partial charge in [-0.1, -0.05) is 13.8 Å². The third kappa shape index (κ3) is 2.58. The lowest BCUT2D eigenvalue weighted by Crippen LogP contribution is -2.04. The van der Waals surface area contributed by atoms with E-state index in [1.165, 1.54) is 25.7 Å². The number of rotatable bonds is 2. The zero-order valence-electron chi connectivity index (χ0n) is 7.69. The summed E-state index contributed by atoms with van der Waals surface area (Å²) in [5, 5.41) is 0. The van der Waals surface area contributed by atoms with Crippen LogP contribution < -0.4 is 0 Å². The smallest absolute Gasteiger partial charge is 0.00886 e. The molecule has 1 unspecified atom stereocenters. The molecule has 0 amide bonds. The molecule has 1 aliphatic carbocycles. The van der Waals surface area contributed by atoms with Crippen molar-refractivity contribution < 1.29 is 0 Å². The van der Waals surface area contributed by atoms with Crippen LogP contribution in [0.5, 0.6) is 0 Å². The Balaban J connectivity index is 2.26. The fourth-order valence-corrected chi connectivity index (χ4v) is 2.11. The molecule has 0 heterocycles. The molecular formula is C11H18. The second-order valence-electron chi connectivity index (χ2n) is 4.52. The summed E-state index contributed by atoms with van der Waals surface area (Å²) in [5.41, 5.74) is 0.596. The molecule has 1 rings (SSSR count). The predicted molar refractivity (Wildman–Crippen MR) is 49.2 cm³/mol. The second-order valence-corrected chi connectivity index (χ2v) is 4.52. The quantitative estimate of drug-likeness (QED) is 0.530. The summed E-state index contributed by atoms with van der Waals surface area (Å²) in [5.74, 6) is 3.64. The van der Waals surface area contributed by atoms with Gasteiger partial charge in [0.2, 0.25) is 0 Å². The number of hydrogen-bond acceptors (Lipinski definition) is 0. The first-order valence-electron chi connectivity index (χ1n) is 4.57. The average Bonchev–Trinajstić information content (AvgIpc) is 2.26. The van der Waals surface area contributed by atoms with E-state index in [4.69, 9.17) is 6.42 Å². The van der Waals surface area contributed by atoms with Crippen molar-refractivity contribution in [1.82, 2.24) is 0 Å². The van der Waals surface area contributed by atoms with Crippen molar-refractivity contribution in [2.45, 2.75) is 46.0 Å². The largest absolute Gasteiger partial charge is 0.120 e. The standard InChI is InChI=1S/C11H18/c1-4-5-6-10-7-8-11(2,3)9-10/h1,10H,5-9H2,2-3H3. The first-order valence-corrected chi connectivity index (χ1v) is 4.57. The molecule has 1 aliphatic rings. The first-order chi connectivity index (χ1) is 5.14. The minimum Gasteiger partial charge on any atom is -0.120 e. The highest BCUT2D eigenvalue weighted by Crippen LogP contribution is 2.42. The minimum atomic E-state index is 0.596. The van der Waals surface area contributed by atoms with Gasteiger partial charge in [-0.3, -0.25) is 0 Å². The van der Waals surface area contributed by atoms with Gasteiger partial charge in [-0.15, -0.1) is 12.3 Å². The van der Waals surface area contributed by atoms with E-state index < -0.39 is 0 Å². The Labute approximate surface area is 70.4 Å². The molecule has 0 aromatic heterocycles. The molecule has 0 heteroatoms. The fourth-order valence-electron chi connectivity index (χ4n) is 2.11. The van der Waals surface area contributed by atoms with Crippen molar-refractivity contribution in [1.29, 1.82) is 0 Å². The van der Waals surface area contributed by atoms with Gasteiger partial charge in [0.25, 0.3) is 0 Å². The molecule has 1 fully saturated rings. The molecule has 62 valence electrons. The summed E-state index contributed by atoms with van der Waals surface area (Å²) in [6, 6.07) is 0. The normalized spacial score (nSPS) is 28.3. The summed E-state index contributed by atoms with van der Waals surface area (Å²) in [7, 11) is 0. The van der Waals surface area contributed by atoms with E-state index in [1.807, 2.05) is 0 Å². The molecule has 0 aromatic carbocycles. The van der Waals surface area contributed by atoms with Gasteiger partial charge in [0, 0.05) is 6.42 Å². The molecule has 0 aliphatic heterocycles. The van der Waals surface area contributed by atoms with E-state index in [1.54, 1.807) is 0 Å². The monoisotopic (exact) mass is 150 g/mol. The Morgan fingerprint density at radius 2 is 2.27 bits per heavy atom. The SMILES string of the molecule is C#CCCC1CCC(C)(C)C1. The van der Waals surface area contributed by atoms with Crippen LogP contribution in [0, 0.1) is 23.7 Å². The van der Waals surface area contributed by atoms with Crippen LogP contribution in [0.2, 0.25) is 0 Å². The van der Waals surface area contributed by atoms with Gasteiger partial charge in [0.1, 0.15) is 0 Å². The van der Waals surface area contributed by atoms with Gasteiger partial charge in [-0.05, 0) is 37.0 Å². The van der Waals surface area contributed by atoms with Crippen LogP contribution in [0.4, 0.5) is 0 Å². The Bertz CT molecular complexity index is 159. The molecule has 0 radical (unpaired) electrons. The maximum absolute atomic E-state index is 5.22. The topological polar surface area (TPSA) is 0 Å². The highest BCUT2D eigenvalue weighted by atomic mass is 14.3. The van der Waals surface area contributed by atoms with E-state index in [9.17, 15) is 0 Å². The Kier molecular flexibility index (Phi) is 2.60. The van der Waals surface area contributed by atoms with Gasteiger partial charge < -0.3 is 0 Å². The molecule has 1 atom stereocenters. The van der Waals surface area contributed by atoms with Crippen LogP contribution in [0.15, 0.2) is 0 Å². The average molecular weight is 150 g/mol. The van der Waals surface area contributed by atoms with E-state index in [0.29, 0.717) is 5.41 Å². The molecular weight excluding hydrogens is 132 g/mol. The predicted octanol–water partition coefficient (Wildman–Crippen LogP) is 3.23. The third-order valence-corrected chi connectivity index (χ3v) is 2.77. The molecule has 0 saturated heterocycles. The van der Waals surface area contributed by atoms with Gasteiger partial charge >= 0.3 is 0 Å². The maximum atomic E-state index is 5.22. The third-order valence-electron chi connectivity index (χ3n) is 2.77. The highest BCUT2D eigenvalue weighted by Gasteiger charge is 2.29. The van der Waals surface area contributed by atoms with Crippen LogP contribution in [-0.2, 0) is 0 Å². The van der Waals surface area contributed by atoms with Crippen molar-refractivity contribution in [2.24, 2.45) is 11.3 Å².